The fraction of sp³-hybridized carbons (Fsp3) is 0.600. The summed E-state index contributed by atoms with van der Waals surface area (Å²) in [6.45, 7) is 4.54. The summed E-state index contributed by atoms with van der Waals surface area (Å²) in [4.78, 5) is 23.3. The van der Waals surface area contributed by atoms with Gasteiger partial charge in [0.25, 0.3) is 0 Å². The van der Waals surface area contributed by atoms with Crippen LogP contribution in [0.3, 0.4) is 0 Å². The number of ether oxygens (including phenoxy) is 1. The molecule has 1 amide bonds. The number of carbonyl (C=O) groups is 2. The maximum Gasteiger partial charge on any atom is 0.407 e. The summed E-state index contributed by atoms with van der Waals surface area (Å²) < 4.78 is 4.85. The maximum absolute atomic E-state index is 11.4. The molecule has 1 saturated heterocycles. The van der Waals surface area contributed by atoms with Gasteiger partial charge in [0.2, 0.25) is 0 Å². The molecule has 0 saturated carbocycles. The standard InChI is InChI=1S/C10H15NO4/c1-3-15-9(12)7(2)8-4-5-11(6-8)10(13)14/h3-6H2,1-2H3,(H,13,14). The summed E-state index contributed by atoms with van der Waals surface area (Å²) in [6, 6.07) is 0. The van der Waals surface area contributed by atoms with Gasteiger partial charge in [-0.15, -0.1) is 0 Å². The minimum atomic E-state index is -0.943. The summed E-state index contributed by atoms with van der Waals surface area (Å²) in [7, 11) is 0. The smallest absolute Gasteiger partial charge is 0.407 e. The van der Waals surface area contributed by atoms with E-state index in [1.807, 2.05) is 0 Å². The lowest BCUT2D eigenvalue weighted by molar-refractivity contribution is -0.138. The second-order valence-electron chi connectivity index (χ2n) is 3.40. The molecule has 5 heteroatoms. The van der Waals surface area contributed by atoms with Crippen molar-refractivity contribution < 1.29 is 19.4 Å². The monoisotopic (exact) mass is 213 g/mol. The number of hydrogen-bond donors (Lipinski definition) is 1. The van der Waals surface area contributed by atoms with Crippen molar-refractivity contribution in [3.8, 4) is 0 Å². The number of hydrogen-bond acceptors (Lipinski definition) is 3. The van der Waals surface area contributed by atoms with E-state index in [4.69, 9.17) is 9.84 Å². The van der Waals surface area contributed by atoms with Crippen LogP contribution in [0.4, 0.5) is 4.79 Å². The van der Waals surface area contributed by atoms with E-state index in [9.17, 15) is 9.59 Å². The van der Waals surface area contributed by atoms with Crippen molar-refractivity contribution >= 4 is 12.1 Å². The number of rotatable bonds is 2. The molecule has 1 N–H and O–H groups in total. The Balaban J connectivity index is 2.68. The molecule has 5 nitrogen and oxygen atoms in total. The van der Waals surface area contributed by atoms with Gasteiger partial charge in [-0.3, -0.25) is 0 Å². The zero-order chi connectivity index (χ0) is 11.4. The molecule has 0 aromatic rings. The number of carbonyl (C=O) groups excluding carboxylic acids is 1. The Kier molecular flexibility index (Phi) is 3.71. The molecule has 1 fully saturated rings. The molecule has 0 aliphatic carbocycles. The van der Waals surface area contributed by atoms with E-state index in [1.54, 1.807) is 13.8 Å². The summed E-state index contributed by atoms with van der Waals surface area (Å²) >= 11 is 0. The summed E-state index contributed by atoms with van der Waals surface area (Å²) in [5.74, 6) is -0.347. The van der Waals surface area contributed by atoms with E-state index in [2.05, 4.69) is 0 Å². The number of amides is 1. The molecule has 0 spiro atoms. The van der Waals surface area contributed by atoms with Gasteiger partial charge in [0.15, 0.2) is 0 Å². The van der Waals surface area contributed by atoms with Crippen molar-refractivity contribution in [1.82, 2.24) is 4.90 Å². The van der Waals surface area contributed by atoms with E-state index < -0.39 is 6.09 Å². The highest BCUT2D eigenvalue weighted by atomic mass is 16.5. The first-order valence-electron chi connectivity index (χ1n) is 4.89. The molecule has 15 heavy (non-hydrogen) atoms. The Morgan fingerprint density at radius 2 is 2.20 bits per heavy atom. The molecule has 0 unspecified atom stereocenters. The van der Waals surface area contributed by atoms with Crippen molar-refractivity contribution in [2.24, 2.45) is 0 Å². The average Bonchev–Trinajstić information content (AvgIpc) is 2.65. The molecular weight excluding hydrogens is 198 g/mol. The molecule has 1 aliphatic heterocycles. The molecule has 1 aliphatic rings. The molecule has 0 aromatic carbocycles. The van der Waals surface area contributed by atoms with Crippen LogP contribution >= 0.6 is 0 Å². The quantitative estimate of drug-likeness (QED) is 0.553. The van der Waals surface area contributed by atoms with Crippen molar-refractivity contribution in [1.29, 1.82) is 0 Å². The lowest BCUT2D eigenvalue weighted by Gasteiger charge is -2.09. The van der Waals surface area contributed by atoms with Crippen LogP contribution in [0.25, 0.3) is 0 Å². The van der Waals surface area contributed by atoms with E-state index >= 15 is 0 Å². The summed E-state index contributed by atoms with van der Waals surface area (Å²) in [5.41, 5.74) is 1.40. The maximum atomic E-state index is 11.4. The Labute approximate surface area is 88.3 Å². The van der Waals surface area contributed by atoms with Crippen LogP contribution in [0.2, 0.25) is 0 Å². The molecule has 1 heterocycles. The fourth-order valence-corrected chi connectivity index (χ4v) is 1.51. The van der Waals surface area contributed by atoms with Crippen LogP contribution in [0.1, 0.15) is 20.3 Å². The van der Waals surface area contributed by atoms with E-state index in [0.717, 1.165) is 5.57 Å². The zero-order valence-corrected chi connectivity index (χ0v) is 8.95. The largest absolute Gasteiger partial charge is 0.465 e. The second kappa shape index (κ2) is 4.82. The van der Waals surface area contributed by atoms with E-state index in [0.29, 0.717) is 31.7 Å². The van der Waals surface area contributed by atoms with Crippen LogP contribution in [-0.4, -0.2) is 41.8 Å². The van der Waals surface area contributed by atoms with Crippen molar-refractivity contribution in [3.63, 3.8) is 0 Å². The van der Waals surface area contributed by atoms with Gasteiger partial charge in [-0.05, 0) is 25.8 Å². The third kappa shape index (κ3) is 2.71. The third-order valence-corrected chi connectivity index (χ3v) is 2.45. The molecule has 0 radical (unpaired) electrons. The Hall–Kier alpha value is -1.52. The summed E-state index contributed by atoms with van der Waals surface area (Å²) in [6.07, 6.45) is -0.321. The van der Waals surface area contributed by atoms with Gasteiger partial charge in [-0.1, -0.05) is 0 Å². The third-order valence-electron chi connectivity index (χ3n) is 2.45. The number of likely N-dealkylation sites (tertiary alicyclic amines) is 1. The predicted octanol–water partition coefficient (Wildman–Crippen LogP) is 1.25. The minimum absolute atomic E-state index is 0.319. The highest BCUT2D eigenvalue weighted by molar-refractivity contribution is 5.89. The van der Waals surface area contributed by atoms with Gasteiger partial charge < -0.3 is 14.7 Å². The van der Waals surface area contributed by atoms with Gasteiger partial charge in [-0.25, -0.2) is 9.59 Å². The summed E-state index contributed by atoms with van der Waals surface area (Å²) in [5, 5.41) is 8.74. The second-order valence-corrected chi connectivity index (χ2v) is 3.40. The topological polar surface area (TPSA) is 66.8 Å². The van der Waals surface area contributed by atoms with Crippen LogP contribution in [0.15, 0.2) is 11.1 Å². The van der Waals surface area contributed by atoms with Crippen LogP contribution < -0.4 is 0 Å². The van der Waals surface area contributed by atoms with Gasteiger partial charge in [0, 0.05) is 18.7 Å². The first kappa shape index (κ1) is 11.6. The molecule has 0 bridgehead atoms. The van der Waals surface area contributed by atoms with Crippen LogP contribution in [0.5, 0.6) is 0 Å². The number of carboxylic acid groups (broad SMARTS) is 1. The molecule has 0 aromatic heterocycles. The Morgan fingerprint density at radius 3 is 2.67 bits per heavy atom. The van der Waals surface area contributed by atoms with Crippen LogP contribution in [0, 0.1) is 0 Å². The zero-order valence-electron chi connectivity index (χ0n) is 8.95. The normalized spacial score (nSPS) is 18.9. The van der Waals surface area contributed by atoms with Crippen LogP contribution in [-0.2, 0) is 9.53 Å². The van der Waals surface area contributed by atoms with Gasteiger partial charge in [0.1, 0.15) is 0 Å². The number of esters is 1. The first-order chi connectivity index (χ1) is 7.06. The van der Waals surface area contributed by atoms with E-state index in [-0.39, 0.29) is 5.97 Å². The number of nitrogens with zero attached hydrogens (tertiary/aromatic N) is 1. The molecule has 0 atom stereocenters. The molecular formula is C10H15NO4. The van der Waals surface area contributed by atoms with Gasteiger partial charge in [0.05, 0.1) is 6.61 Å². The lowest BCUT2D eigenvalue weighted by atomic mass is 10.1. The first-order valence-corrected chi connectivity index (χ1v) is 4.89. The molecule has 1 rings (SSSR count). The predicted molar refractivity (Wildman–Crippen MR) is 53.5 cm³/mol. The Morgan fingerprint density at radius 1 is 1.53 bits per heavy atom. The van der Waals surface area contributed by atoms with Crippen molar-refractivity contribution in [2.45, 2.75) is 20.3 Å². The lowest BCUT2D eigenvalue weighted by Crippen LogP contribution is -2.25. The minimum Gasteiger partial charge on any atom is -0.465 e. The fourth-order valence-electron chi connectivity index (χ4n) is 1.51. The van der Waals surface area contributed by atoms with Gasteiger partial charge in [-0.2, -0.15) is 0 Å². The highest BCUT2D eigenvalue weighted by Crippen LogP contribution is 2.19. The SMILES string of the molecule is CCOC(=O)C(C)=C1CCN(C(=O)O)C1. The molecule has 84 valence electrons. The average molecular weight is 213 g/mol. The van der Waals surface area contributed by atoms with Gasteiger partial charge >= 0.3 is 12.1 Å². The van der Waals surface area contributed by atoms with Crippen molar-refractivity contribution in [2.75, 3.05) is 19.7 Å². The van der Waals surface area contributed by atoms with Crippen molar-refractivity contribution in [3.05, 3.63) is 11.1 Å². The van der Waals surface area contributed by atoms with E-state index in [1.165, 1.54) is 4.90 Å². The highest BCUT2D eigenvalue weighted by Gasteiger charge is 2.24. The Bertz CT molecular complexity index is 309.